The number of carbonyl (C=O) groups excluding carboxylic acids is 2. The van der Waals surface area contributed by atoms with Gasteiger partial charge in [0.15, 0.2) is 11.5 Å². The lowest BCUT2D eigenvalue weighted by atomic mass is 9.80. The number of methoxy groups -OCH3 is 2. The van der Waals surface area contributed by atoms with Gasteiger partial charge in [0.05, 0.1) is 26.7 Å². The number of piperidine rings is 1. The Hall–Kier alpha value is -2.08. The first-order valence-electron chi connectivity index (χ1n) is 9.66. The van der Waals surface area contributed by atoms with E-state index in [2.05, 4.69) is 4.90 Å². The van der Waals surface area contributed by atoms with E-state index in [1.807, 2.05) is 19.1 Å². The number of benzene rings is 1. The van der Waals surface area contributed by atoms with Gasteiger partial charge in [-0.15, -0.1) is 0 Å². The maximum Gasteiger partial charge on any atom is 0.308 e. The van der Waals surface area contributed by atoms with Gasteiger partial charge in [0.2, 0.25) is 0 Å². The highest BCUT2D eigenvalue weighted by Crippen LogP contribution is 2.42. The largest absolute Gasteiger partial charge is 0.493 e. The molecule has 0 bridgehead atoms. The molecule has 2 aliphatic rings. The predicted molar refractivity (Wildman–Crippen MR) is 101 cm³/mol. The summed E-state index contributed by atoms with van der Waals surface area (Å²) in [6, 6.07) is 4.13. The van der Waals surface area contributed by atoms with Crippen molar-refractivity contribution in [1.29, 1.82) is 0 Å². The number of rotatable bonds is 6. The van der Waals surface area contributed by atoms with E-state index in [1.54, 1.807) is 21.1 Å². The second kappa shape index (κ2) is 8.30. The van der Waals surface area contributed by atoms with Gasteiger partial charge in [0, 0.05) is 31.5 Å². The highest BCUT2D eigenvalue weighted by atomic mass is 16.5. The van der Waals surface area contributed by atoms with E-state index in [9.17, 15) is 9.59 Å². The van der Waals surface area contributed by atoms with E-state index >= 15 is 0 Å². The fraction of sp³-hybridized carbons (Fsp3) is 0.619. The first kappa shape index (κ1) is 19.7. The lowest BCUT2D eigenvalue weighted by Gasteiger charge is -2.43. The SMILES string of the molecule is CCOC(=O)C(C)C[C@H]1CN2CCc3cc(OC)c(OC)cc3[C@@H]2CC1=O. The average molecular weight is 375 g/mol. The minimum Gasteiger partial charge on any atom is -0.493 e. The zero-order valence-electron chi connectivity index (χ0n) is 16.6. The maximum absolute atomic E-state index is 12.8. The fourth-order valence-corrected chi connectivity index (χ4v) is 4.29. The van der Waals surface area contributed by atoms with E-state index < -0.39 is 0 Å². The summed E-state index contributed by atoms with van der Waals surface area (Å²) < 4.78 is 16.0. The Bertz CT molecular complexity index is 717. The van der Waals surface area contributed by atoms with Gasteiger partial charge >= 0.3 is 5.97 Å². The Kier molecular flexibility index (Phi) is 6.05. The van der Waals surface area contributed by atoms with Gasteiger partial charge in [-0.25, -0.2) is 0 Å². The van der Waals surface area contributed by atoms with Crippen LogP contribution in [-0.2, 0) is 20.7 Å². The molecule has 0 saturated carbocycles. The molecule has 3 rings (SSSR count). The van der Waals surface area contributed by atoms with Gasteiger partial charge in [-0.05, 0) is 43.0 Å². The van der Waals surface area contributed by atoms with Crippen molar-refractivity contribution in [3.05, 3.63) is 23.3 Å². The summed E-state index contributed by atoms with van der Waals surface area (Å²) in [5.74, 6) is 1.08. The molecule has 1 fully saturated rings. The van der Waals surface area contributed by atoms with E-state index in [-0.39, 0.29) is 29.6 Å². The first-order valence-corrected chi connectivity index (χ1v) is 9.66. The number of ether oxygens (including phenoxy) is 3. The number of hydrogen-bond donors (Lipinski definition) is 0. The van der Waals surface area contributed by atoms with Crippen LogP contribution in [0.5, 0.6) is 11.5 Å². The summed E-state index contributed by atoms with van der Waals surface area (Å²) in [5, 5.41) is 0. The third-order valence-corrected chi connectivity index (χ3v) is 5.75. The van der Waals surface area contributed by atoms with Crippen LogP contribution in [0.4, 0.5) is 0 Å². The summed E-state index contributed by atoms with van der Waals surface area (Å²) in [6.45, 7) is 5.62. The second-order valence-corrected chi connectivity index (χ2v) is 7.42. The Morgan fingerprint density at radius 3 is 2.63 bits per heavy atom. The second-order valence-electron chi connectivity index (χ2n) is 7.42. The number of ketones is 1. The number of hydrogen-bond acceptors (Lipinski definition) is 6. The minimum absolute atomic E-state index is 0.0789. The third kappa shape index (κ3) is 3.95. The fourth-order valence-electron chi connectivity index (χ4n) is 4.29. The summed E-state index contributed by atoms with van der Waals surface area (Å²) in [4.78, 5) is 27.1. The van der Waals surface area contributed by atoms with Crippen LogP contribution in [0.15, 0.2) is 12.1 Å². The van der Waals surface area contributed by atoms with Crippen molar-refractivity contribution in [2.75, 3.05) is 33.9 Å². The van der Waals surface area contributed by atoms with Crippen LogP contribution in [-0.4, -0.2) is 50.6 Å². The zero-order chi connectivity index (χ0) is 19.6. The molecule has 27 heavy (non-hydrogen) atoms. The van der Waals surface area contributed by atoms with Gasteiger partial charge in [-0.1, -0.05) is 6.92 Å². The van der Waals surface area contributed by atoms with Crippen LogP contribution in [0.1, 0.15) is 43.9 Å². The topological polar surface area (TPSA) is 65.1 Å². The zero-order valence-corrected chi connectivity index (χ0v) is 16.6. The van der Waals surface area contributed by atoms with Crippen molar-refractivity contribution in [2.45, 2.75) is 39.2 Å². The van der Waals surface area contributed by atoms with Crippen molar-refractivity contribution >= 4 is 11.8 Å². The molecular formula is C21H29NO5. The molecule has 2 aliphatic heterocycles. The summed E-state index contributed by atoms with van der Waals surface area (Å²) in [6.07, 6.45) is 1.95. The van der Waals surface area contributed by atoms with Crippen LogP contribution in [0, 0.1) is 11.8 Å². The molecule has 1 aromatic rings. The molecule has 0 aliphatic carbocycles. The number of Topliss-reactive ketones (excluding diaryl/α,β-unsaturated/α-hetero) is 1. The van der Waals surface area contributed by atoms with E-state index in [1.165, 1.54) is 5.56 Å². The Balaban J connectivity index is 1.76. The molecule has 1 unspecified atom stereocenters. The molecule has 0 amide bonds. The van der Waals surface area contributed by atoms with Crippen LogP contribution in [0.3, 0.4) is 0 Å². The third-order valence-electron chi connectivity index (χ3n) is 5.75. The molecule has 0 spiro atoms. The quantitative estimate of drug-likeness (QED) is 0.713. The molecule has 148 valence electrons. The molecule has 0 aromatic heterocycles. The van der Waals surface area contributed by atoms with Crippen molar-refractivity contribution < 1.29 is 23.8 Å². The first-order chi connectivity index (χ1) is 13.0. The van der Waals surface area contributed by atoms with E-state index in [4.69, 9.17) is 14.2 Å². The van der Waals surface area contributed by atoms with Gasteiger partial charge in [0.1, 0.15) is 5.78 Å². The smallest absolute Gasteiger partial charge is 0.308 e. The van der Waals surface area contributed by atoms with Gasteiger partial charge in [-0.2, -0.15) is 0 Å². The van der Waals surface area contributed by atoms with Gasteiger partial charge < -0.3 is 14.2 Å². The summed E-state index contributed by atoms with van der Waals surface area (Å²) in [7, 11) is 3.27. The summed E-state index contributed by atoms with van der Waals surface area (Å²) in [5.41, 5.74) is 2.38. The van der Waals surface area contributed by atoms with Gasteiger partial charge in [0.25, 0.3) is 0 Å². The van der Waals surface area contributed by atoms with Gasteiger partial charge in [-0.3, -0.25) is 14.5 Å². The van der Waals surface area contributed by atoms with Crippen LogP contribution < -0.4 is 9.47 Å². The molecule has 6 heteroatoms. The van der Waals surface area contributed by atoms with Crippen molar-refractivity contribution in [3.8, 4) is 11.5 Å². The Morgan fingerprint density at radius 1 is 1.26 bits per heavy atom. The normalized spacial score (nSPS) is 23.2. The van der Waals surface area contributed by atoms with Crippen molar-refractivity contribution in [3.63, 3.8) is 0 Å². The average Bonchev–Trinajstić information content (AvgIpc) is 2.67. The monoisotopic (exact) mass is 375 g/mol. The Labute approximate surface area is 160 Å². The number of fused-ring (bicyclic) bond motifs is 3. The predicted octanol–water partition coefficient (Wildman–Crippen LogP) is 2.78. The molecular weight excluding hydrogens is 346 g/mol. The number of nitrogens with zero attached hydrogens (tertiary/aromatic N) is 1. The molecule has 1 saturated heterocycles. The molecule has 0 N–H and O–H groups in total. The molecule has 6 nitrogen and oxygen atoms in total. The minimum atomic E-state index is -0.253. The molecule has 1 aromatic carbocycles. The Morgan fingerprint density at radius 2 is 1.96 bits per heavy atom. The van der Waals surface area contributed by atoms with Crippen LogP contribution in [0.25, 0.3) is 0 Å². The van der Waals surface area contributed by atoms with Crippen molar-refractivity contribution in [2.24, 2.45) is 11.8 Å². The lowest BCUT2D eigenvalue weighted by Crippen LogP contribution is -2.47. The lowest BCUT2D eigenvalue weighted by molar-refractivity contribution is -0.148. The summed E-state index contributed by atoms with van der Waals surface area (Å²) >= 11 is 0. The highest BCUT2D eigenvalue weighted by molar-refractivity contribution is 5.84. The van der Waals surface area contributed by atoms with Crippen LogP contribution >= 0.6 is 0 Å². The molecule has 3 atom stereocenters. The highest BCUT2D eigenvalue weighted by Gasteiger charge is 2.39. The van der Waals surface area contributed by atoms with E-state index in [0.717, 1.165) is 24.3 Å². The van der Waals surface area contributed by atoms with Crippen molar-refractivity contribution in [1.82, 2.24) is 4.90 Å². The molecule has 2 heterocycles. The maximum atomic E-state index is 12.8. The standard InChI is InChI=1S/C21H29NO5/c1-5-27-21(24)13(2)8-15-12-22-7-6-14-9-19(25-3)20(26-4)10-16(14)17(22)11-18(15)23/h9-10,13,15,17H,5-8,11-12H2,1-4H3/t13?,15-,17-/m0/s1. The van der Waals surface area contributed by atoms with Crippen LogP contribution in [0.2, 0.25) is 0 Å². The number of esters is 1. The van der Waals surface area contributed by atoms with E-state index in [0.29, 0.717) is 31.7 Å². The number of carbonyl (C=O) groups is 2. The molecule has 0 radical (unpaired) electrons.